The van der Waals surface area contributed by atoms with Crippen molar-refractivity contribution < 1.29 is 22.8 Å². The molecule has 1 aromatic heterocycles. The molecule has 2 N–H and O–H groups in total. The van der Waals surface area contributed by atoms with Gasteiger partial charge in [0, 0.05) is 32.2 Å². The van der Waals surface area contributed by atoms with Crippen molar-refractivity contribution in [1.29, 1.82) is 0 Å². The van der Waals surface area contributed by atoms with Crippen molar-refractivity contribution in [2.24, 2.45) is 5.73 Å². The smallest absolute Gasteiger partial charge is 0.257 e. The number of piperazine rings is 1. The number of furan rings is 1. The Labute approximate surface area is 142 Å². The van der Waals surface area contributed by atoms with E-state index in [4.69, 9.17) is 10.2 Å². The number of carbonyl (C=O) groups is 2. The first-order valence-electron chi connectivity index (χ1n) is 7.80. The molecule has 3 rings (SSSR count). The number of carbonyl (C=O) groups excluding carboxylic acids is 2. The molecule has 2 heterocycles. The summed E-state index contributed by atoms with van der Waals surface area (Å²) < 4.78 is 31.9. The zero-order valence-corrected chi connectivity index (χ0v) is 13.4. The Morgan fingerprint density at radius 3 is 2.24 bits per heavy atom. The maximum atomic E-state index is 13.7. The fourth-order valence-corrected chi connectivity index (χ4v) is 2.73. The summed E-state index contributed by atoms with van der Waals surface area (Å²) in [4.78, 5) is 27.8. The van der Waals surface area contributed by atoms with E-state index in [0.29, 0.717) is 30.5 Å². The summed E-state index contributed by atoms with van der Waals surface area (Å²) in [5, 5.41) is 0. The quantitative estimate of drug-likeness (QED) is 0.913. The van der Waals surface area contributed by atoms with E-state index in [9.17, 15) is 18.4 Å². The SMILES string of the molecule is NCc1cc(C(=O)N2CCN(C(=O)c3ccc(F)cc3F)CC2)co1. The molecular formula is C17H17F2N3O3. The van der Waals surface area contributed by atoms with Gasteiger partial charge in [-0.05, 0) is 18.2 Å². The van der Waals surface area contributed by atoms with Crippen LogP contribution in [0, 0.1) is 11.6 Å². The lowest BCUT2D eigenvalue weighted by Gasteiger charge is -2.34. The van der Waals surface area contributed by atoms with Gasteiger partial charge in [0.15, 0.2) is 0 Å². The molecule has 1 aliphatic rings. The van der Waals surface area contributed by atoms with Gasteiger partial charge in [0.2, 0.25) is 0 Å². The number of amides is 2. The van der Waals surface area contributed by atoms with Gasteiger partial charge in [-0.2, -0.15) is 0 Å². The van der Waals surface area contributed by atoms with Crippen LogP contribution in [0.3, 0.4) is 0 Å². The lowest BCUT2D eigenvalue weighted by atomic mass is 10.1. The van der Waals surface area contributed by atoms with Gasteiger partial charge in [0.05, 0.1) is 17.7 Å². The largest absolute Gasteiger partial charge is 0.467 e. The minimum atomic E-state index is -0.892. The molecule has 8 heteroatoms. The molecule has 2 aromatic rings. The molecule has 1 fully saturated rings. The number of nitrogens with two attached hydrogens (primary N) is 1. The summed E-state index contributed by atoms with van der Waals surface area (Å²) in [6.45, 7) is 1.37. The minimum absolute atomic E-state index is 0.177. The lowest BCUT2D eigenvalue weighted by molar-refractivity contribution is 0.0532. The van der Waals surface area contributed by atoms with Gasteiger partial charge >= 0.3 is 0 Å². The maximum absolute atomic E-state index is 13.7. The molecule has 0 spiro atoms. The zero-order chi connectivity index (χ0) is 18.0. The summed E-state index contributed by atoms with van der Waals surface area (Å²) in [5.41, 5.74) is 5.68. The molecule has 6 nitrogen and oxygen atoms in total. The highest BCUT2D eigenvalue weighted by Crippen LogP contribution is 2.16. The van der Waals surface area contributed by atoms with E-state index in [1.165, 1.54) is 11.2 Å². The second-order valence-corrected chi connectivity index (χ2v) is 5.71. The van der Waals surface area contributed by atoms with E-state index in [2.05, 4.69) is 0 Å². The van der Waals surface area contributed by atoms with Gasteiger partial charge in [-0.25, -0.2) is 8.78 Å². The zero-order valence-electron chi connectivity index (χ0n) is 13.4. The Morgan fingerprint density at radius 1 is 1.04 bits per heavy atom. The van der Waals surface area contributed by atoms with Crippen LogP contribution in [0.5, 0.6) is 0 Å². The summed E-state index contributed by atoms with van der Waals surface area (Å²) >= 11 is 0. The van der Waals surface area contributed by atoms with Gasteiger partial charge in [0.1, 0.15) is 23.7 Å². The van der Waals surface area contributed by atoms with Crippen LogP contribution in [0.25, 0.3) is 0 Å². The van der Waals surface area contributed by atoms with Crippen molar-refractivity contribution in [1.82, 2.24) is 9.80 Å². The van der Waals surface area contributed by atoms with Crippen LogP contribution < -0.4 is 5.73 Å². The Hall–Kier alpha value is -2.74. The number of nitrogens with zero attached hydrogens (tertiary/aromatic N) is 2. The average Bonchev–Trinajstić information content (AvgIpc) is 3.10. The highest BCUT2D eigenvalue weighted by Gasteiger charge is 2.27. The Kier molecular flexibility index (Phi) is 4.80. The molecule has 25 heavy (non-hydrogen) atoms. The molecule has 2 amide bonds. The van der Waals surface area contributed by atoms with Crippen LogP contribution in [0.4, 0.5) is 8.78 Å². The molecule has 1 aromatic carbocycles. The van der Waals surface area contributed by atoms with Crippen LogP contribution in [-0.4, -0.2) is 47.8 Å². The molecule has 0 radical (unpaired) electrons. The molecule has 0 saturated carbocycles. The molecule has 0 unspecified atom stereocenters. The van der Waals surface area contributed by atoms with Crippen LogP contribution >= 0.6 is 0 Å². The van der Waals surface area contributed by atoms with Crippen LogP contribution in [0.2, 0.25) is 0 Å². The summed E-state index contributed by atoms with van der Waals surface area (Å²) in [5.74, 6) is -1.83. The lowest BCUT2D eigenvalue weighted by Crippen LogP contribution is -2.50. The molecule has 1 aliphatic heterocycles. The van der Waals surface area contributed by atoms with Crippen molar-refractivity contribution >= 4 is 11.8 Å². The van der Waals surface area contributed by atoms with E-state index in [0.717, 1.165) is 12.1 Å². The molecular weight excluding hydrogens is 332 g/mol. The van der Waals surface area contributed by atoms with E-state index < -0.39 is 17.5 Å². The van der Waals surface area contributed by atoms with Crippen molar-refractivity contribution in [3.63, 3.8) is 0 Å². The van der Waals surface area contributed by atoms with Gasteiger partial charge in [0.25, 0.3) is 11.8 Å². The molecule has 132 valence electrons. The second kappa shape index (κ2) is 7.02. The van der Waals surface area contributed by atoms with Crippen LogP contribution in [0.15, 0.2) is 34.9 Å². The fourth-order valence-electron chi connectivity index (χ4n) is 2.73. The van der Waals surface area contributed by atoms with Crippen LogP contribution in [0.1, 0.15) is 26.5 Å². The number of hydrogen-bond donors (Lipinski definition) is 1. The van der Waals surface area contributed by atoms with E-state index in [1.54, 1.807) is 11.0 Å². The predicted molar refractivity (Wildman–Crippen MR) is 84.8 cm³/mol. The van der Waals surface area contributed by atoms with Gasteiger partial charge in [-0.1, -0.05) is 0 Å². The van der Waals surface area contributed by atoms with Crippen LogP contribution in [-0.2, 0) is 6.54 Å². The minimum Gasteiger partial charge on any atom is -0.467 e. The van der Waals surface area contributed by atoms with E-state index in [1.807, 2.05) is 0 Å². The van der Waals surface area contributed by atoms with Crippen molar-refractivity contribution in [3.8, 4) is 0 Å². The number of rotatable bonds is 3. The van der Waals surface area contributed by atoms with Gasteiger partial charge in [-0.3, -0.25) is 9.59 Å². The summed E-state index contributed by atoms with van der Waals surface area (Å²) in [6, 6.07) is 4.45. The number of hydrogen-bond acceptors (Lipinski definition) is 4. The first kappa shape index (κ1) is 17.1. The third-order valence-corrected chi connectivity index (χ3v) is 4.12. The first-order valence-corrected chi connectivity index (χ1v) is 7.80. The summed E-state index contributed by atoms with van der Waals surface area (Å²) in [7, 11) is 0. The predicted octanol–water partition coefficient (Wildman–Crippen LogP) is 1.61. The number of benzene rings is 1. The van der Waals surface area contributed by atoms with Gasteiger partial charge < -0.3 is 20.0 Å². The summed E-state index contributed by atoms with van der Waals surface area (Å²) in [6.07, 6.45) is 1.36. The third-order valence-electron chi connectivity index (χ3n) is 4.12. The van der Waals surface area contributed by atoms with Crippen molar-refractivity contribution in [2.75, 3.05) is 26.2 Å². The topological polar surface area (TPSA) is 79.8 Å². The monoisotopic (exact) mass is 349 g/mol. The van der Waals surface area contributed by atoms with E-state index >= 15 is 0 Å². The molecule has 0 atom stereocenters. The first-order chi connectivity index (χ1) is 12.0. The Morgan fingerprint density at radius 2 is 1.68 bits per heavy atom. The number of halogens is 2. The van der Waals surface area contributed by atoms with Crippen molar-refractivity contribution in [2.45, 2.75) is 6.54 Å². The normalized spacial score (nSPS) is 14.7. The Balaban J connectivity index is 1.63. The highest BCUT2D eigenvalue weighted by atomic mass is 19.1. The fraction of sp³-hybridized carbons (Fsp3) is 0.294. The maximum Gasteiger partial charge on any atom is 0.257 e. The van der Waals surface area contributed by atoms with Crippen molar-refractivity contribution in [3.05, 3.63) is 59.1 Å². The third kappa shape index (κ3) is 3.53. The Bertz CT molecular complexity index is 798. The average molecular weight is 349 g/mol. The van der Waals surface area contributed by atoms with E-state index in [-0.39, 0.29) is 31.1 Å². The molecule has 1 saturated heterocycles. The van der Waals surface area contributed by atoms with Gasteiger partial charge in [-0.15, -0.1) is 0 Å². The molecule has 0 aliphatic carbocycles. The molecule has 0 bridgehead atoms. The highest BCUT2D eigenvalue weighted by molar-refractivity contribution is 5.96. The standard InChI is InChI=1S/C17H17F2N3O3/c18-12-1-2-14(15(19)8-12)17(24)22-5-3-21(4-6-22)16(23)11-7-13(9-20)25-10-11/h1-2,7-8,10H,3-6,9,20H2. The second-order valence-electron chi connectivity index (χ2n) is 5.71.